The number of fused-ring (bicyclic) bond motifs is 2. The summed E-state index contributed by atoms with van der Waals surface area (Å²) >= 11 is 6.14. The zero-order valence-electron chi connectivity index (χ0n) is 32.2. The number of benzene rings is 2. The fourth-order valence-electron chi connectivity index (χ4n) is 9.84. The summed E-state index contributed by atoms with van der Waals surface area (Å²) in [7, 11) is 0. The monoisotopic (exact) mass is 823 g/mol. The summed E-state index contributed by atoms with van der Waals surface area (Å²) in [5.41, 5.74) is 1.00. The summed E-state index contributed by atoms with van der Waals surface area (Å²) in [5, 5.41) is 14.7. The van der Waals surface area contributed by atoms with Gasteiger partial charge in [0.15, 0.2) is 0 Å². The predicted molar refractivity (Wildman–Crippen MR) is 211 cm³/mol. The summed E-state index contributed by atoms with van der Waals surface area (Å²) < 4.78 is 21.6. The first kappa shape index (κ1) is 38.8. The quantitative estimate of drug-likeness (QED) is 0.315. The normalized spacial score (nSPS) is 27.0. The van der Waals surface area contributed by atoms with E-state index >= 15 is 4.39 Å². The lowest BCUT2D eigenvalue weighted by Gasteiger charge is -2.39. The third-order valence-electron chi connectivity index (χ3n) is 13.0. The van der Waals surface area contributed by atoms with E-state index in [1.165, 1.54) is 12.3 Å². The number of halogens is 2. The molecule has 2 unspecified atom stereocenters. The number of aromatic nitrogens is 2. The van der Waals surface area contributed by atoms with Gasteiger partial charge in [0, 0.05) is 63.8 Å². The number of carbonyl (C=O) groups excluding carboxylic acids is 5. The van der Waals surface area contributed by atoms with Crippen LogP contribution in [0.3, 0.4) is 0 Å². The van der Waals surface area contributed by atoms with Gasteiger partial charge in [0.2, 0.25) is 11.8 Å². The van der Waals surface area contributed by atoms with Crippen molar-refractivity contribution in [3.8, 4) is 11.8 Å². The van der Waals surface area contributed by atoms with Gasteiger partial charge in [0.05, 0.1) is 45.9 Å². The maximum absolute atomic E-state index is 15.6. The van der Waals surface area contributed by atoms with E-state index in [-0.39, 0.29) is 47.7 Å². The third-order valence-corrected chi connectivity index (χ3v) is 13.3. The van der Waals surface area contributed by atoms with Gasteiger partial charge in [-0.2, -0.15) is 5.26 Å². The van der Waals surface area contributed by atoms with E-state index in [9.17, 15) is 24.0 Å². The number of piperazine rings is 1. The van der Waals surface area contributed by atoms with Crippen molar-refractivity contribution in [2.24, 2.45) is 11.8 Å². The Kier molecular flexibility index (Phi) is 10.4. The number of carbonyl (C=O) groups is 5. The van der Waals surface area contributed by atoms with Crippen molar-refractivity contribution in [1.29, 1.82) is 5.26 Å². The van der Waals surface area contributed by atoms with E-state index in [2.05, 4.69) is 30.4 Å². The average Bonchev–Trinajstić information content (AvgIpc) is 3.89. The molecule has 3 aromatic rings. The van der Waals surface area contributed by atoms with Gasteiger partial charge in [-0.1, -0.05) is 11.6 Å². The second-order valence-corrected chi connectivity index (χ2v) is 16.9. The number of anilines is 2. The first-order chi connectivity index (χ1) is 28.5. The van der Waals surface area contributed by atoms with Crippen LogP contribution in [0.15, 0.2) is 42.7 Å². The molecule has 2 aliphatic carbocycles. The minimum absolute atomic E-state index is 0.00508. The van der Waals surface area contributed by atoms with Crippen molar-refractivity contribution < 1.29 is 33.1 Å². The van der Waals surface area contributed by atoms with E-state index in [1.54, 1.807) is 24.4 Å². The smallest absolute Gasteiger partial charge is 0.271 e. The molecule has 5 fully saturated rings. The number of imide groups is 2. The molecule has 3 saturated heterocycles. The third kappa shape index (κ3) is 7.57. The van der Waals surface area contributed by atoms with E-state index in [4.69, 9.17) is 21.6 Å². The van der Waals surface area contributed by atoms with E-state index in [1.807, 2.05) is 11.0 Å². The summed E-state index contributed by atoms with van der Waals surface area (Å²) in [6.07, 6.45) is 8.33. The van der Waals surface area contributed by atoms with Crippen molar-refractivity contribution in [1.82, 2.24) is 30.4 Å². The molecule has 9 rings (SSSR count). The van der Waals surface area contributed by atoms with Gasteiger partial charge in [-0.15, -0.1) is 0 Å². The lowest BCUT2D eigenvalue weighted by Crippen LogP contribution is -2.54. The zero-order chi connectivity index (χ0) is 40.9. The minimum atomic E-state index is -1.10. The lowest BCUT2D eigenvalue weighted by molar-refractivity contribution is -0.136. The Morgan fingerprint density at radius 1 is 0.898 bits per heavy atom. The van der Waals surface area contributed by atoms with Crippen molar-refractivity contribution in [2.45, 2.75) is 75.6 Å². The molecule has 6 aliphatic rings. The Hall–Kier alpha value is -5.66. The van der Waals surface area contributed by atoms with Crippen LogP contribution in [0.2, 0.25) is 5.02 Å². The highest BCUT2D eigenvalue weighted by atomic mass is 35.5. The molecule has 4 aliphatic heterocycles. The van der Waals surface area contributed by atoms with Gasteiger partial charge in [0.1, 0.15) is 35.2 Å². The average molecular weight is 824 g/mol. The summed E-state index contributed by atoms with van der Waals surface area (Å²) in [4.78, 5) is 80.3. The maximum atomic E-state index is 15.6. The van der Waals surface area contributed by atoms with Crippen LogP contribution >= 0.6 is 11.6 Å². The number of ether oxygens (including phenoxy) is 1. The van der Waals surface area contributed by atoms with Crippen LogP contribution in [0, 0.1) is 29.0 Å². The number of hydrogen-bond donors (Lipinski definition) is 2. The van der Waals surface area contributed by atoms with Crippen LogP contribution in [0.5, 0.6) is 5.75 Å². The zero-order valence-corrected chi connectivity index (χ0v) is 33.0. The van der Waals surface area contributed by atoms with Gasteiger partial charge >= 0.3 is 0 Å². The Morgan fingerprint density at radius 3 is 2.25 bits per heavy atom. The number of nitrogens with zero attached hydrogens (tertiary/aromatic N) is 7. The van der Waals surface area contributed by atoms with E-state index in [0.29, 0.717) is 53.0 Å². The second kappa shape index (κ2) is 15.8. The molecule has 59 heavy (non-hydrogen) atoms. The first-order valence-electron chi connectivity index (χ1n) is 20.3. The number of nitriles is 1. The highest BCUT2D eigenvalue weighted by Gasteiger charge is 2.47. The molecule has 2 saturated carbocycles. The fraction of sp³-hybridized carbons (Fsp3) is 0.476. The van der Waals surface area contributed by atoms with Gasteiger partial charge in [-0.3, -0.25) is 39.1 Å². The highest BCUT2D eigenvalue weighted by molar-refractivity contribution is 6.31. The van der Waals surface area contributed by atoms with E-state index in [0.717, 1.165) is 81.5 Å². The van der Waals surface area contributed by atoms with Crippen molar-refractivity contribution >= 4 is 52.6 Å². The molecular weight excluding hydrogens is 781 g/mol. The SMILES string of the molecule is N#Cc1ccc(O[C@H]2CC[C@H](NC(=O)c3cnc(N4CCN([C@H]5CC6CN(c7cc8c(cc7F)C(=O)N(C7CCC(=O)NC7=O)C8=O)C[C@H]6C5)CC4)cn3)CC2)cc1Cl. The van der Waals surface area contributed by atoms with E-state index < -0.39 is 35.5 Å². The maximum Gasteiger partial charge on any atom is 0.271 e. The molecular formula is C42H43ClFN9O6. The first-order valence-corrected chi connectivity index (χ1v) is 20.7. The van der Waals surface area contributed by atoms with Crippen LogP contribution in [0.4, 0.5) is 15.9 Å². The predicted octanol–water partition coefficient (Wildman–Crippen LogP) is 3.70. The standard InChI is InChI=1S/C42H43ClFN9O6/c43-32-15-29(4-1-23(32)18-45)59-28-5-2-26(3-6-28)48-39(55)34-19-47-37(20-46-34)51-11-9-50(10-12-51)27-13-24-21-52(22-25(24)14-27)36-17-31-30(16-33(36)44)41(57)53(42(31)58)35-7-8-38(54)49-40(35)56/h1,4,15-17,19-20,24-28,35H,2-3,5-14,21-22H2,(H,48,55)(H,49,54,56)/t24-,25?,26-,27-,28-,35?/m1/s1. The molecule has 4 atom stereocenters. The van der Waals surface area contributed by atoms with Gasteiger partial charge in [-0.25, -0.2) is 14.4 Å². The number of amides is 5. The molecule has 15 nitrogen and oxygen atoms in total. The summed E-state index contributed by atoms with van der Waals surface area (Å²) in [6.45, 7) is 4.58. The van der Waals surface area contributed by atoms with Crippen LogP contribution in [0.1, 0.15) is 88.1 Å². The van der Waals surface area contributed by atoms with Crippen LogP contribution < -0.4 is 25.2 Å². The lowest BCUT2D eigenvalue weighted by atomic mass is 9.93. The topological polar surface area (TPSA) is 181 Å². The molecule has 306 valence electrons. The molecule has 2 aromatic carbocycles. The number of rotatable bonds is 8. The van der Waals surface area contributed by atoms with Crippen molar-refractivity contribution in [3.63, 3.8) is 0 Å². The van der Waals surface area contributed by atoms with Gasteiger partial charge in [-0.05, 0) is 81.0 Å². The molecule has 0 radical (unpaired) electrons. The second-order valence-electron chi connectivity index (χ2n) is 16.4. The minimum Gasteiger partial charge on any atom is -0.490 e. The Balaban J connectivity index is 0.727. The molecule has 0 spiro atoms. The van der Waals surface area contributed by atoms with Crippen LogP contribution in [0.25, 0.3) is 0 Å². The van der Waals surface area contributed by atoms with Crippen LogP contribution in [-0.4, -0.2) is 113 Å². The molecule has 1 aromatic heterocycles. The largest absolute Gasteiger partial charge is 0.490 e. The molecule has 2 N–H and O–H groups in total. The number of hydrogen-bond acceptors (Lipinski definition) is 12. The molecule has 17 heteroatoms. The van der Waals surface area contributed by atoms with Crippen molar-refractivity contribution in [2.75, 3.05) is 49.1 Å². The Bertz CT molecular complexity index is 2240. The van der Waals surface area contributed by atoms with Gasteiger partial charge in [0.25, 0.3) is 17.7 Å². The number of nitrogens with one attached hydrogen (secondary N) is 2. The van der Waals surface area contributed by atoms with Crippen molar-refractivity contribution in [3.05, 3.63) is 75.9 Å². The summed E-state index contributed by atoms with van der Waals surface area (Å²) in [5.74, 6) is -1.24. The summed E-state index contributed by atoms with van der Waals surface area (Å²) in [6, 6.07) is 9.00. The molecule has 0 bridgehead atoms. The van der Waals surface area contributed by atoms with Crippen LogP contribution in [-0.2, 0) is 9.59 Å². The fourth-order valence-corrected chi connectivity index (χ4v) is 10.1. The molecule has 5 heterocycles. The molecule has 5 amide bonds. The Labute approximate surface area is 344 Å². The number of piperidine rings is 1. The Morgan fingerprint density at radius 2 is 1.61 bits per heavy atom. The van der Waals surface area contributed by atoms with Gasteiger partial charge < -0.3 is 19.9 Å². The highest BCUT2D eigenvalue weighted by Crippen LogP contribution is 2.43.